The second-order valence-corrected chi connectivity index (χ2v) is 9.64. The summed E-state index contributed by atoms with van der Waals surface area (Å²) >= 11 is 0. The first-order valence-electron chi connectivity index (χ1n) is 13.3. The number of anilines is 1. The van der Waals surface area contributed by atoms with E-state index in [1.807, 2.05) is 36.4 Å². The Bertz CT molecular complexity index is 1260. The van der Waals surface area contributed by atoms with Gasteiger partial charge in [0.25, 0.3) is 0 Å². The molecule has 2 atom stereocenters. The van der Waals surface area contributed by atoms with E-state index in [1.54, 1.807) is 24.3 Å². The highest BCUT2D eigenvalue weighted by Gasteiger charge is 2.21. The van der Waals surface area contributed by atoms with Crippen LogP contribution in [0.4, 0.5) is 5.69 Å². The minimum absolute atomic E-state index is 0.0211. The first-order valence-corrected chi connectivity index (χ1v) is 13.3. The molecule has 39 heavy (non-hydrogen) atoms. The number of hydrogen-bond donors (Lipinski definition) is 3. The predicted octanol–water partition coefficient (Wildman–Crippen LogP) is 3.74. The molecule has 3 N–H and O–H groups in total. The summed E-state index contributed by atoms with van der Waals surface area (Å²) in [5.74, 6) is 1.39. The van der Waals surface area contributed by atoms with E-state index in [0.29, 0.717) is 37.8 Å². The first-order chi connectivity index (χ1) is 19.1. The summed E-state index contributed by atoms with van der Waals surface area (Å²) in [6.07, 6.45) is 0.942. The number of aliphatic hydroxyl groups excluding tert-OH is 1. The molecule has 0 aliphatic carbocycles. The van der Waals surface area contributed by atoms with Gasteiger partial charge < -0.3 is 39.4 Å². The Labute approximate surface area is 227 Å². The lowest BCUT2D eigenvalue weighted by Crippen LogP contribution is -2.39. The molecule has 0 bridgehead atoms. The highest BCUT2D eigenvalue weighted by atomic mass is 16.5. The maximum Gasteiger partial charge on any atom is 0.339 e. The van der Waals surface area contributed by atoms with Gasteiger partial charge in [-0.2, -0.15) is 0 Å². The number of aliphatic hydroxyl groups is 1. The highest BCUT2D eigenvalue weighted by molar-refractivity contribution is 5.90. The Balaban J connectivity index is 1.07. The predicted molar refractivity (Wildman–Crippen MR) is 146 cm³/mol. The summed E-state index contributed by atoms with van der Waals surface area (Å²) in [6, 6.07) is 20.0. The van der Waals surface area contributed by atoms with E-state index in [9.17, 15) is 15.0 Å². The molecule has 206 valence electrons. The molecule has 2 heterocycles. The number of hydrogen-bond acceptors (Lipinski definition) is 8. The van der Waals surface area contributed by atoms with Crippen molar-refractivity contribution in [1.82, 2.24) is 5.32 Å². The van der Waals surface area contributed by atoms with Crippen LogP contribution in [0.25, 0.3) is 0 Å². The summed E-state index contributed by atoms with van der Waals surface area (Å²) in [5, 5.41) is 23.2. The number of para-hydroxylation sites is 3. The van der Waals surface area contributed by atoms with Crippen molar-refractivity contribution in [3.8, 4) is 23.0 Å². The monoisotopic (exact) mass is 534 g/mol. The zero-order chi connectivity index (χ0) is 27.0. The van der Waals surface area contributed by atoms with Crippen molar-refractivity contribution >= 4 is 11.7 Å². The molecule has 9 nitrogen and oxygen atoms in total. The maximum absolute atomic E-state index is 11.4. The van der Waals surface area contributed by atoms with Crippen LogP contribution in [0.1, 0.15) is 22.3 Å². The quantitative estimate of drug-likeness (QED) is 0.339. The van der Waals surface area contributed by atoms with Gasteiger partial charge in [0.05, 0.1) is 18.9 Å². The van der Waals surface area contributed by atoms with Gasteiger partial charge in [0.2, 0.25) is 0 Å². The molecule has 0 spiro atoms. The van der Waals surface area contributed by atoms with Gasteiger partial charge in [0.1, 0.15) is 47.4 Å². The molecule has 2 aliphatic rings. The second kappa shape index (κ2) is 12.8. The van der Waals surface area contributed by atoms with E-state index in [0.717, 1.165) is 48.7 Å². The number of rotatable bonds is 11. The molecule has 1 saturated heterocycles. The SMILES string of the molecule is O=C(O)c1ccccc1Oc1ccc2c(c1)CC[C@H](CNC[C@H](O)COc1ccccc1N1CCOCC1)O2. The molecule has 0 amide bonds. The number of nitrogens with one attached hydrogen (secondary N) is 1. The Morgan fingerprint density at radius 1 is 1.05 bits per heavy atom. The van der Waals surface area contributed by atoms with Crippen LogP contribution in [0.2, 0.25) is 0 Å². The van der Waals surface area contributed by atoms with Crippen LogP contribution in [0, 0.1) is 0 Å². The zero-order valence-corrected chi connectivity index (χ0v) is 21.8. The van der Waals surface area contributed by atoms with Gasteiger partial charge >= 0.3 is 5.97 Å². The number of carboxylic acid groups (broad SMARTS) is 1. The summed E-state index contributed by atoms with van der Waals surface area (Å²) in [6.45, 7) is 4.23. The third-order valence-corrected chi connectivity index (χ3v) is 6.81. The third kappa shape index (κ3) is 7.00. The molecule has 2 aliphatic heterocycles. The van der Waals surface area contributed by atoms with Crippen molar-refractivity contribution in [3.63, 3.8) is 0 Å². The Morgan fingerprint density at radius 2 is 1.82 bits per heavy atom. The first kappa shape index (κ1) is 26.8. The highest BCUT2D eigenvalue weighted by Crippen LogP contribution is 2.34. The molecular weight excluding hydrogens is 500 g/mol. The van der Waals surface area contributed by atoms with E-state index >= 15 is 0 Å². The van der Waals surface area contributed by atoms with Crippen LogP contribution in [0.3, 0.4) is 0 Å². The molecule has 3 aromatic rings. The van der Waals surface area contributed by atoms with Crippen LogP contribution in [-0.2, 0) is 11.2 Å². The lowest BCUT2D eigenvalue weighted by Gasteiger charge is -2.30. The second-order valence-electron chi connectivity index (χ2n) is 9.64. The number of aromatic carboxylic acids is 1. The standard InChI is InChI=1S/C30H34N2O7/c33-22(20-37-29-8-4-2-6-26(29)32-13-15-36-16-14-32)18-31-19-24-10-9-21-17-23(11-12-27(21)39-24)38-28-7-3-1-5-25(28)30(34)35/h1-8,11-12,17,22,24,31,33H,9-10,13-16,18-20H2,(H,34,35)/t22-,24+/m0/s1. The largest absolute Gasteiger partial charge is 0.489 e. The molecule has 0 unspecified atom stereocenters. The van der Waals surface area contributed by atoms with Gasteiger partial charge in [-0.3, -0.25) is 0 Å². The normalized spacial score (nSPS) is 17.6. The molecular formula is C30H34N2O7. The number of carboxylic acids is 1. The van der Waals surface area contributed by atoms with E-state index in [-0.39, 0.29) is 18.3 Å². The average Bonchev–Trinajstić information content (AvgIpc) is 2.97. The fraction of sp³-hybridized carbons (Fsp3) is 0.367. The van der Waals surface area contributed by atoms with Gasteiger partial charge in [0, 0.05) is 26.2 Å². The van der Waals surface area contributed by atoms with Crippen molar-refractivity contribution in [2.75, 3.05) is 50.9 Å². The number of fused-ring (bicyclic) bond motifs is 1. The van der Waals surface area contributed by atoms with Crippen LogP contribution in [0.15, 0.2) is 66.7 Å². The van der Waals surface area contributed by atoms with Crippen molar-refractivity contribution in [2.24, 2.45) is 0 Å². The molecule has 5 rings (SSSR count). The van der Waals surface area contributed by atoms with E-state index in [1.165, 1.54) is 6.07 Å². The molecule has 0 saturated carbocycles. The molecule has 3 aromatic carbocycles. The van der Waals surface area contributed by atoms with Crippen molar-refractivity contribution in [1.29, 1.82) is 0 Å². The number of ether oxygens (including phenoxy) is 4. The minimum Gasteiger partial charge on any atom is -0.489 e. The number of aryl methyl sites for hydroxylation is 1. The summed E-state index contributed by atoms with van der Waals surface area (Å²) in [5.41, 5.74) is 2.16. The Hall–Kier alpha value is -3.79. The Morgan fingerprint density at radius 3 is 2.64 bits per heavy atom. The van der Waals surface area contributed by atoms with E-state index in [4.69, 9.17) is 18.9 Å². The van der Waals surface area contributed by atoms with Gasteiger partial charge in [-0.25, -0.2) is 4.79 Å². The van der Waals surface area contributed by atoms with Crippen LogP contribution in [-0.4, -0.2) is 74.4 Å². The summed E-state index contributed by atoms with van der Waals surface area (Å²) < 4.78 is 23.4. The number of nitrogens with zero attached hydrogens (tertiary/aromatic N) is 1. The molecule has 9 heteroatoms. The summed E-state index contributed by atoms with van der Waals surface area (Å²) in [4.78, 5) is 13.7. The fourth-order valence-electron chi connectivity index (χ4n) is 4.79. The van der Waals surface area contributed by atoms with Crippen LogP contribution in [0.5, 0.6) is 23.0 Å². The van der Waals surface area contributed by atoms with Gasteiger partial charge in [0.15, 0.2) is 0 Å². The lowest BCUT2D eigenvalue weighted by atomic mass is 10.0. The Kier molecular flexibility index (Phi) is 8.82. The summed E-state index contributed by atoms with van der Waals surface area (Å²) in [7, 11) is 0. The third-order valence-electron chi connectivity index (χ3n) is 6.81. The topological polar surface area (TPSA) is 110 Å². The van der Waals surface area contributed by atoms with Gasteiger partial charge in [-0.15, -0.1) is 0 Å². The van der Waals surface area contributed by atoms with E-state index in [2.05, 4.69) is 10.2 Å². The van der Waals surface area contributed by atoms with Crippen molar-refractivity contribution in [3.05, 3.63) is 77.9 Å². The molecule has 0 aromatic heterocycles. The van der Waals surface area contributed by atoms with Gasteiger partial charge in [-0.1, -0.05) is 24.3 Å². The van der Waals surface area contributed by atoms with Crippen molar-refractivity contribution in [2.45, 2.75) is 25.0 Å². The molecule has 1 fully saturated rings. The van der Waals surface area contributed by atoms with Crippen LogP contribution < -0.4 is 24.4 Å². The smallest absolute Gasteiger partial charge is 0.339 e. The zero-order valence-electron chi connectivity index (χ0n) is 21.8. The maximum atomic E-state index is 11.4. The minimum atomic E-state index is -1.03. The fourth-order valence-corrected chi connectivity index (χ4v) is 4.79. The van der Waals surface area contributed by atoms with E-state index < -0.39 is 12.1 Å². The van der Waals surface area contributed by atoms with Gasteiger partial charge in [-0.05, 0) is 60.9 Å². The number of morpholine rings is 1. The number of carbonyl (C=O) groups is 1. The van der Waals surface area contributed by atoms with Crippen molar-refractivity contribution < 1.29 is 34.0 Å². The molecule has 0 radical (unpaired) electrons. The van der Waals surface area contributed by atoms with Crippen LogP contribution >= 0.6 is 0 Å². The number of benzene rings is 3. The lowest BCUT2D eigenvalue weighted by molar-refractivity contribution is 0.0694. The average molecular weight is 535 g/mol.